The molecule has 1 aromatic heterocycles. The van der Waals surface area contributed by atoms with Gasteiger partial charge in [-0.25, -0.2) is 0 Å². The molecule has 3 aromatic rings. The van der Waals surface area contributed by atoms with Gasteiger partial charge in [0.1, 0.15) is 0 Å². The Hall–Kier alpha value is -2.55. The van der Waals surface area contributed by atoms with Crippen molar-refractivity contribution in [2.24, 2.45) is 0 Å². The number of para-hydroxylation sites is 1. The van der Waals surface area contributed by atoms with Crippen LogP contribution in [0, 0.1) is 13.8 Å². The lowest BCUT2D eigenvalue weighted by molar-refractivity contribution is 0.807. The highest BCUT2D eigenvalue weighted by Crippen LogP contribution is 2.29. The Balaban J connectivity index is 1.56. The first-order valence-corrected chi connectivity index (χ1v) is 8.63. The third-order valence-electron chi connectivity index (χ3n) is 4.87. The van der Waals surface area contributed by atoms with E-state index in [0.29, 0.717) is 6.04 Å². The topological polar surface area (TPSA) is 28.2 Å². The number of hydrogen-bond acceptors (Lipinski definition) is 3. The van der Waals surface area contributed by atoms with Crippen molar-refractivity contribution < 1.29 is 0 Å². The van der Waals surface area contributed by atoms with Crippen molar-refractivity contribution in [1.29, 1.82) is 0 Å². The van der Waals surface area contributed by atoms with E-state index in [1.54, 1.807) is 0 Å². The number of rotatable bonds is 3. The Morgan fingerprint density at radius 2 is 1.96 bits per heavy atom. The molecule has 2 heterocycles. The summed E-state index contributed by atoms with van der Waals surface area (Å²) < 4.78 is 0. The van der Waals surface area contributed by atoms with Gasteiger partial charge in [-0.3, -0.25) is 4.98 Å². The fourth-order valence-electron chi connectivity index (χ4n) is 3.57. The van der Waals surface area contributed by atoms with Crippen LogP contribution in [0.3, 0.4) is 0 Å². The molecule has 0 spiro atoms. The Morgan fingerprint density at radius 3 is 2.83 bits per heavy atom. The summed E-state index contributed by atoms with van der Waals surface area (Å²) in [4.78, 5) is 7.01. The maximum atomic E-state index is 4.54. The van der Waals surface area contributed by atoms with E-state index in [2.05, 4.69) is 71.5 Å². The highest BCUT2D eigenvalue weighted by molar-refractivity contribution is 5.92. The standard InChI is InChI=1S/C21H23N3/c1-15-6-5-7-18(12-15)24-11-10-17(14-24)23-21-16(2)13-22-20-9-4-3-8-19(20)21/h3-9,12-13,17H,10-11,14H2,1-2H3,(H,22,23). The van der Waals surface area contributed by atoms with Crippen LogP contribution < -0.4 is 10.2 Å². The molecule has 122 valence electrons. The Labute approximate surface area is 143 Å². The van der Waals surface area contributed by atoms with Gasteiger partial charge < -0.3 is 10.2 Å². The van der Waals surface area contributed by atoms with Gasteiger partial charge in [-0.15, -0.1) is 0 Å². The number of fused-ring (bicyclic) bond motifs is 1. The van der Waals surface area contributed by atoms with E-state index in [0.717, 1.165) is 25.0 Å². The lowest BCUT2D eigenvalue weighted by atomic mass is 10.1. The quantitative estimate of drug-likeness (QED) is 0.768. The first-order chi connectivity index (χ1) is 11.7. The van der Waals surface area contributed by atoms with Gasteiger partial charge >= 0.3 is 0 Å². The molecule has 24 heavy (non-hydrogen) atoms. The highest BCUT2D eigenvalue weighted by atomic mass is 15.2. The molecule has 0 amide bonds. The van der Waals surface area contributed by atoms with Crippen LogP contribution in [-0.4, -0.2) is 24.1 Å². The number of aryl methyl sites for hydroxylation is 2. The van der Waals surface area contributed by atoms with Crippen LogP contribution in [0.4, 0.5) is 11.4 Å². The predicted molar refractivity (Wildman–Crippen MR) is 102 cm³/mol. The van der Waals surface area contributed by atoms with Gasteiger partial charge in [-0.2, -0.15) is 0 Å². The van der Waals surface area contributed by atoms with Crippen LogP contribution in [0.1, 0.15) is 17.5 Å². The monoisotopic (exact) mass is 317 g/mol. The number of anilines is 2. The summed E-state index contributed by atoms with van der Waals surface area (Å²) in [6.07, 6.45) is 3.13. The molecule has 0 radical (unpaired) electrons. The van der Waals surface area contributed by atoms with Crippen LogP contribution in [0.5, 0.6) is 0 Å². The summed E-state index contributed by atoms with van der Waals surface area (Å²) in [6.45, 7) is 6.43. The molecule has 1 atom stereocenters. The van der Waals surface area contributed by atoms with Gasteiger partial charge in [0.2, 0.25) is 0 Å². The molecule has 2 aromatic carbocycles. The van der Waals surface area contributed by atoms with Crippen LogP contribution >= 0.6 is 0 Å². The maximum absolute atomic E-state index is 4.54. The molecule has 4 rings (SSSR count). The highest BCUT2D eigenvalue weighted by Gasteiger charge is 2.23. The average Bonchev–Trinajstić information content (AvgIpc) is 3.06. The van der Waals surface area contributed by atoms with Crippen molar-refractivity contribution in [3.8, 4) is 0 Å². The zero-order valence-electron chi connectivity index (χ0n) is 14.3. The lowest BCUT2D eigenvalue weighted by Gasteiger charge is -2.21. The average molecular weight is 317 g/mol. The molecule has 3 heteroatoms. The normalized spacial score (nSPS) is 17.4. The van der Waals surface area contributed by atoms with E-state index in [1.165, 1.54) is 27.9 Å². The number of benzene rings is 2. The van der Waals surface area contributed by atoms with Crippen molar-refractivity contribution in [1.82, 2.24) is 4.98 Å². The zero-order chi connectivity index (χ0) is 16.5. The number of nitrogens with zero attached hydrogens (tertiary/aromatic N) is 2. The fraction of sp³-hybridized carbons (Fsp3) is 0.286. The van der Waals surface area contributed by atoms with Crippen LogP contribution in [-0.2, 0) is 0 Å². The van der Waals surface area contributed by atoms with Crippen molar-refractivity contribution in [2.75, 3.05) is 23.3 Å². The lowest BCUT2D eigenvalue weighted by Crippen LogP contribution is -2.26. The molecular formula is C21H23N3. The summed E-state index contributed by atoms with van der Waals surface area (Å²) in [6, 6.07) is 17.6. The van der Waals surface area contributed by atoms with E-state index >= 15 is 0 Å². The minimum absolute atomic E-state index is 0.468. The smallest absolute Gasteiger partial charge is 0.0722 e. The van der Waals surface area contributed by atoms with Crippen molar-refractivity contribution in [3.63, 3.8) is 0 Å². The van der Waals surface area contributed by atoms with E-state index in [9.17, 15) is 0 Å². The van der Waals surface area contributed by atoms with Gasteiger partial charge in [0, 0.05) is 42.1 Å². The summed E-state index contributed by atoms with van der Waals surface area (Å²) >= 11 is 0. The molecule has 3 nitrogen and oxygen atoms in total. The summed E-state index contributed by atoms with van der Waals surface area (Å²) in [5.74, 6) is 0. The molecule has 1 aliphatic rings. The summed E-state index contributed by atoms with van der Waals surface area (Å²) in [7, 11) is 0. The molecule has 0 bridgehead atoms. The molecule has 0 saturated carbocycles. The van der Waals surface area contributed by atoms with Gasteiger partial charge in [0.25, 0.3) is 0 Å². The van der Waals surface area contributed by atoms with Gasteiger partial charge in [0.15, 0.2) is 0 Å². The third kappa shape index (κ3) is 2.82. The number of nitrogens with one attached hydrogen (secondary N) is 1. The summed E-state index contributed by atoms with van der Waals surface area (Å²) in [5, 5.41) is 5.00. The van der Waals surface area contributed by atoms with Gasteiger partial charge in [-0.1, -0.05) is 30.3 Å². The first-order valence-electron chi connectivity index (χ1n) is 8.63. The zero-order valence-corrected chi connectivity index (χ0v) is 14.3. The first kappa shape index (κ1) is 15.0. The van der Waals surface area contributed by atoms with Crippen LogP contribution in [0.25, 0.3) is 10.9 Å². The molecular weight excluding hydrogens is 294 g/mol. The van der Waals surface area contributed by atoms with Gasteiger partial charge in [-0.05, 0) is 49.6 Å². The largest absolute Gasteiger partial charge is 0.380 e. The molecule has 0 aliphatic carbocycles. The van der Waals surface area contributed by atoms with E-state index in [4.69, 9.17) is 0 Å². The molecule has 1 unspecified atom stereocenters. The van der Waals surface area contributed by atoms with Crippen LogP contribution in [0.15, 0.2) is 54.7 Å². The van der Waals surface area contributed by atoms with Crippen LogP contribution in [0.2, 0.25) is 0 Å². The van der Waals surface area contributed by atoms with E-state index < -0.39 is 0 Å². The predicted octanol–water partition coefficient (Wildman–Crippen LogP) is 4.54. The minimum atomic E-state index is 0.468. The SMILES string of the molecule is Cc1cccc(N2CCC(Nc3c(C)cnc4ccccc34)C2)c1. The number of pyridine rings is 1. The van der Waals surface area contributed by atoms with Gasteiger partial charge in [0.05, 0.1) is 5.52 Å². The molecule has 1 aliphatic heterocycles. The summed E-state index contributed by atoms with van der Waals surface area (Å²) in [5.41, 5.74) is 6.15. The number of aromatic nitrogens is 1. The van der Waals surface area contributed by atoms with Crippen molar-refractivity contribution in [3.05, 3.63) is 65.9 Å². The fourth-order valence-corrected chi connectivity index (χ4v) is 3.57. The molecule has 1 N–H and O–H groups in total. The second-order valence-corrected chi connectivity index (χ2v) is 6.75. The van der Waals surface area contributed by atoms with E-state index in [-0.39, 0.29) is 0 Å². The third-order valence-corrected chi connectivity index (χ3v) is 4.87. The minimum Gasteiger partial charge on any atom is -0.380 e. The maximum Gasteiger partial charge on any atom is 0.0722 e. The second-order valence-electron chi connectivity index (χ2n) is 6.75. The number of hydrogen-bond donors (Lipinski definition) is 1. The van der Waals surface area contributed by atoms with E-state index in [1.807, 2.05) is 12.3 Å². The Bertz CT molecular complexity index is 872. The second kappa shape index (κ2) is 6.16. The Morgan fingerprint density at radius 1 is 1.08 bits per heavy atom. The molecule has 1 saturated heterocycles. The Kier molecular flexibility index (Phi) is 3.85. The molecule has 1 fully saturated rings. The van der Waals surface area contributed by atoms with Crippen molar-refractivity contribution in [2.45, 2.75) is 26.3 Å². The van der Waals surface area contributed by atoms with Crippen molar-refractivity contribution >= 4 is 22.3 Å².